The number of hydrogen-bond acceptors (Lipinski definition) is 1. The van der Waals surface area contributed by atoms with Gasteiger partial charge in [0, 0.05) is 33.5 Å². The maximum Gasteiger partial charge on any atom is 0.0547 e. The van der Waals surface area contributed by atoms with E-state index >= 15 is 0 Å². The smallest absolute Gasteiger partial charge is 0.0547 e. The molecule has 0 spiro atoms. The van der Waals surface area contributed by atoms with E-state index in [2.05, 4.69) is 204 Å². The highest BCUT2D eigenvalue weighted by Crippen LogP contribution is 2.40. The van der Waals surface area contributed by atoms with E-state index in [1.165, 1.54) is 65.3 Å². The molecule has 1 aromatic heterocycles. The Hall–Kier alpha value is -6.64. The first-order chi connectivity index (χ1) is 24.8. The zero-order valence-electron chi connectivity index (χ0n) is 27.4. The van der Waals surface area contributed by atoms with E-state index in [1.54, 1.807) is 0 Å². The van der Waals surface area contributed by atoms with Crippen molar-refractivity contribution in [1.29, 1.82) is 0 Å². The van der Waals surface area contributed by atoms with Crippen molar-refractivity contribution in [2.45, 2.75) is 0 Å². The van der Waals surface area contributed by atoms with Gasteiger partial charge in [0.15, 0.2) is 0 Å². The van der Waals surface area contributed by atoms with Crippen LogP contribution in [-0.2, 0) is 0 Å². The lowest BCUT2D eigenvalue weighted by Gasteiger charge is -2.26. The molecule has 234 valence electrons. The van der Waals surface area contributed by atoms with E-state index < -0.39 is 0 Å². The number of rotatable bonds is 5. The van der Waals surface area contributed by atoms with E-state index in [-0.39, 0.29) is 0 Å². The molecule has 0 aliphatic rings. The molecule has 0 fully saturated rings. The molecule has 0 N–H and O–H groups in total. The molecule has 0 radical (unpaired) electrons. The summed E-state index contributed by atoms with van der Waals surface area (Å²) in [7, 11) is 0. The summed E-state index contributed by atoms with van der Waals surface area (Å²) in [5.74, 6) is 0. The zero-order valence-corrected chi connectivity index (χ0v) is 27.4. The van der Waals surface area contributed by atoms with Crippen LogP contribution in [0, 0.1) is 0 Å². The normalized spacial score (nSPS) is 11.6. The quantitative estimate of drug-likeness (QED) is 0.171. The van der Waals surface area contributed by atoms with Crippen molar-refractivity contribution >= 4 is 71.2 Å². The number of hydrogen-bond donors (Lipinski definition) is 0. The Morgan fingerprint density at radius 2 is 0.860 bits per heavy atom. The molecule has 2 heteroatoms. The summed E-state index contributed by atoms with van der Waals surface area (Å²) in [6, 6.07) is 70.4. The number of aromatic nitrogens is 1. The fraction of sp³-hybridized carbons (Fsp3) is 0. The van der Waals surface area contributed by atoms with Gasteiger partial charge in [-0.05, 0) is 116 Å². The highest BCUT2D eigenvalue weighted by molar-refractivity contribution is 6.15. The first-order valence-electron chi connectivity index (χ1n) is 17.2. The Bertz CT molecular complexity index is 2850. The standard InChI is InChI=1S/C48H32N2/c1-2-15-37(16-3-1)49(38-24-22-33(23-25-38)45-31-36-14-6-7-17-41(36)42-18-8-9-19-43(42)45)39-26-28-40(29-27-39)50-47-21-11-10-20-44(47)46-30-34-12-4-5-13-35(34)32-48(46)50/h1-32H. The second kappa shape index (κ2) is 11.5. The molecule has 0 atom stereocenters. The van der Waals surface area contributed by atoms with Crippen LogP contribution in [0.5, 0.6) is 0 Å². The number of anilines is 3. The Morgan fingerprint density at radius 3 is 1.60 bits per heavy atom. The fourth-order valence-corrected chi connectivity index (χ4v) is 7.79. The van der Waals surface area contributed by atoms with Crippen molar-refractivity contribution in [1.82, 2.24) is 4.57 Å². The molecule has 0 aliphatic carbocycles. The predicted octanol–water partition coefficient (Wildman–Crippen LogP) is 13.4. The predicted molar refractivity (Wildman–Crippen MR) is 213 cm³/mol. The van der Waals surface area contributed by atoms with Crippen LogP contribution in [-0.4, -0.2) is 4.57 Å². The van der Waals surface area contributed by atoms with Gasteiger partial charge in [-0.3, -0.25) is 0 Å². The minimum absolute atomic E-state index is 1.11. The van der Waals surface area contributed by atoms with Crippen LogP contribution in [0.2, 0.25) is 0 Å². The summed E-state index contributed by atoms with van der Waals surface area (Å²) in [6.07, 6.45) is 0. The molecule has 10 aromatic rings. The Morgan fingerprint density at radius 1 is 0.320 bits per heavy atom. The summed E-state index contributed by atoms with van der Waals surface area (Å²) in [5, 5.41) is 10.1. The highest BCUT2D eigenvalue weighted by atomic mass is 15.1. The van der Waals surface area contributed by atoms with E-state index in [1.807, 2.05) is 0 Å². The van der Waals surface area contributed by atoms with Crippen molar-refractivity contribution in [3.8, 4) is 16.8 Å². The number of nitrogens with zero attached hydrogens (tertiary/aromatic N) is 2. The van der Waals surface area contributed by atoms with Gasteiger partial charge in [-0.2, -0.15) is 0 Å². The minimum atomic E-state index is 1.11. The molecule has 0 aliphatic heterocycles. The summed E-state index contributed by atoms with van der Waals surface area (Å²) in [5.41, 5.74) is 9.36. The van der Waals surface area contributed by atoms with Crippen LogP contribution in [0.3, 0.4) is 0 Å². The number of fused-ring (bicyclic) bond motifs is 7. The molecule has 50 heavy (non-hydrogen) atoms. The van der Waals surface area contributed by atoms with Crippen molar-refractivity contribution in [3.63, 3.8) is 0 Å². The molecule has 0 unspecified atom stereocenters. The monoisotopic (exact) mass is 636 g/mol. The van der Waals surface area contributed by atoms with Gasteiger partial charge in [0.1, 0.15) is 0 Å². The minimum Gasteiger partial charge on any atom is -0.311 e. The Labute approximate surface area is 290 Å². The number of benzene rings is 9. The van der Waals surface area contributed by atoms with Crippen molar-refractivity contribution in [3.05, 3.63) is 194 Å². The third kappa shape index (κ3) is 4.57. The first-order valence-corrected chi connectivity index (χ1v) is 17.2. The van der Waals surface area contributed by atoms with E-state index in [0.29, 0.717) is 0 Å². The topological polar surface area (TPSA) is 8.17 Å². The molecular weight excluding hydrogens is 605 g/mol. The van der Waals surface area contributed by atoms with Gasteiger partial charge in [0.2, 0.25) is 0 Å². The van der Waals surface area contributed by atoms with Gasteiger partial charge in [-0.15, -0.1) is 0 Å². The average Bonchev–Trinajstić information content (AvgIpc) is 3.51. The first kappa shape index (κ1) is 28.4. The lowest BCUT2D eigenvalue weighted by Crippen LogP contribution is -2.10. The van der Waals surface area contributed by atoms with Crippen LogP contribution in [0.4, 0.5) is 17.1 Å². The van der Waals surface area contributed by atoms with Gasteiger partial charge >= 0.3 is 0 Å². The van der Waals surface area contributed by atoms with Crippen LogP contribution in [0.1, 0.15) is 0 Å². The molecule has 10 rings (SSSR count). The SMILES string of the molecule is c1ccc(N(c2ccc(-c3cc4ccccc4c4ccccc34)cc2)c2ccc(-n3c4ccccc4c4cc5ccccc5cc43)cc2)cc1. The summed E-state index contributed by atoms with van der Waals surface area (Å²) in [6.45, 7) is 0. The van der Waals surface area contributed by atoms with Gasteiger partial charge < -0.3 is 9.47 Å². The van der Waals surface area contributed by atoms with Crippen LogP contribution in [0.25, 0.3) is 70.9 Å². The van der Waals surface area contributed by atoms with Crippen LogP contribution < -0.4 is 4.90 Å². The lowest BCUT2D eigenvalue weighted by atomic mass is 9.93. The van der Waals surface area contributed by atoms with Gasteiger partial charge in [-0.25, -0.2) is 0 Å². The molecule has 9 aromatic carbocycles. The molecular formula is C48H32N2. The summed E-state index contributed by atoms with van der Waals surface area (Å²) in [4.78, 5) is 2.34. The molecule has 0 saturated carbocycles. The lowest BCUT2D eigenvalue weighted by molar-refractivity contribution is 1.17. The van der Waals surface area contributed by atoms with Crippen molar-refractivity contribution < 1.29 is 0 Å². The van der Waals surface area contributed by atoms with E-state index in [4.69, 9.17) is 0 Å². The van der Waals surface area contributed by atoms with E-state index in [0.717, 1.165) is 22.7 Å². The second-order valence-corrected chi connectivity index (χ2v) is 13.0. The fourth-order valence-electron chi connectivity index (χ4n) is 7.79. The van der Waals surface area contributed by atoms with Gasteiger partial charge in [-0.1, -0.05) is 121 Å². The highest BCUT2D eigenvalue weighted by Gasteiger charge is 2.16. The average molecular weight is 637 g/mol. The Balaban J connectivity index is 1.08. The molecule has 0 saturated heterocycles. The van der Waals surface area contributed by atoms with Crippen LogP contribution >= 0.6 is 0 Å². The third-order valence-corrected chi connectivity index (χ3v) is 10.1. The maximum absolute atomic E-state index is 2.40. The molecule has 0 amide bonds. The molecule has 2 nitrogen and oxygen atoms in total. The Kier molecular flexibility index (Phi) is 6.53. The van der Waals surface area contributed by atoms with Crippen molar-refractivity contribution in [2.75, 3.05) is 4.90 Å². The summed E-state index contributed by atoms with van der Waals surface area (Å²) < 4.78 is 2.40. The molecule has 0 bridgehead atoms. The maximum atomic E-state index is 2.40. The summed E-state index contributed by atoms with van der Waals surface area (Å²) >= 11 is 0. The zero-order chi connectivity index (χ0) is 33.0. The van der Waals surface area contributed by atoms with Crippen LogP contribution in [0.15, 0.2) is 194 Å². The third-order valence-electron chi connectivity index (χ3n) is 10.1. The largest absolute Gasteiger partial charge is 0.311 e. The van der Waals surface area contributed by atoms with Gasteiger partial charge in [0.25, 0.3) is 0 Å². The second-order valence-electron chi connectivity index (χ2n) is 13.0. The number of para-hydroxylation sites is 2. The molecule has 1 heterocycles. The van der Waals surface area contributed by atoms with E-state index in [9.17, 15) is 0 Å². The van der Waals surface area contributed by atoms with Crippen molar-refractivity contribution in [2.24, 2.45) is 0 Å². The van der Waals surface area contributed by atoms with Gasteiger partial charge in [0.05, 0.1) is 11.0 Å².